The molecule has 0 N–H and O–H groups in total. The topological polar surface area (TPSA) is 38.1 Å². The average Bonchev–Trinajstić information content (AvgIpc) is 3.09. The van der Waals surface area contributed by atoms with E-state index >= 15 is 0 Å². The number of hydrogen-bond acceptors (Lipinski definition) is 2. The molecule has 0 spiro atoms. The molecule has 0 saturated carbocycles. The Kier molecular flexibility index (Phi) is 4.15. The number of alkyl halides is 1. The van der Waals surface area contributed by atoms with Crippen molar-refractivity contribution < 1.29 is 4.79 Å². The maximum atomic E-state index is 12.4. The molecular weight excluding hydrogens is 286 g/mol. The summed E-state index contributed by atoms with van der Waals surface area (Å²) in [6, 6.07) is 6.16. The van der Waals surface area contributed by atoms with Gasteiger partial charge in [0.2, 0.25) is 5.91 Å². The molecule has 0 radical (unpaired) electrons. The molecular formula is C16H20ClN3O. The summed E-state index contributed by atoms with van der Waals surface area (Å²) in [6.07, 6.45) is 2.91. The third-order valence-corrected chi connectivity index (χ3v) is 4.24. The van der Waals surface area contributed by atoms with Crippen LogP contribution < -0.4 is 0 Å². The van der Waals surface area contributed by atoms with E-state index in [1.165, 1.54) is 5.56 Å². The zero-order valence-corrected chi connectivity index (χ0v) is 13.1. The number of benzene rings is 1. The fourth-order valence-corrected chi connectivity index (χ4v) is 3.11. The molecule has 1 aliphatic heterocycles. The van der Waals surface area contributed by atoms with Gasteiger partial charge in [-0.15, -0.1) is 11.6 Å². The maximum Gasteiger partial charge on any atom is 0.242 e. The smallest absolute Gasteiger partial charge is 0.242 e. The zero-order chi connectivity index (χ0) is 14.8. The highest BCUT2D eigenvalue weighted by atomic mass is 35.5. The Morgan fingerprint density at radius 2 is 2.10 bits per heavy atom. The van der Waals surface area contributed by atoms with E-state index in [4.69, 9.17) is 11.6 Å². The predicted octanol–water partition coefficient (Wildman–Crippen LogP) is 2.75. The second-order valence-electron chi connectivity index (χ2n) is 5.63. The first-order chi connectivity index (χ1) is 10.2. The largest absolute Gasteiger partial charge is 0.341 e. The van der Waals surface area contributed by atoms with Crippen LogP contribution in [0.15, 0.2) is 18.2 Å². The van der Waals surface area contributed by atoms with Gasteiger partial charge in [-0.25, -0.2) is 4.98 Å². The second-order valence-corrected chi connectivity index (χ2v) is 6.01. The van der Waals surface area contributed by atoms with E-state index in [0.29, 0.717) is 18.8 Å². The molecule has 21 heavy (non-hydrogen) atoms. The lowest BCUT2D eigenvalue weighted by molar-refractivity contribution is -0.130. The summed E-state index contributed by atoms with van der Waals surface area (Å²) in [5.41, 5.74) is 3.15. The van der Waals surface area contributed by atoms with E-state index in [9.17, 15) is 4.79 Å². The molecule has 1 amide bonds. The summed E-state index contributed by atoms with van der Waals surface area (Å²) in [5.74, 6) is 1.60. The van der Waals surface area contributed by atoms with Crippen molar-refractivity contribution in [1.29, 1.82) is 0 Å². The van der Waals surface area contributed by atoms with E-state index < -0.39 is 0 Å². The Bertz CT molecular complexity index is 659. The summed E-state index contributed by atoms with van der Waals surface area (Å²) >= 11 is 5.88. The number of amides is 1. The molecule has 1 saturated heterocycles. The van der Waals surface area contributed by atoms with E-state index in [2.05, 4.69) is 18.0 Å². The summed E-state index contributed by atoms with van der Waals surface area (Å²) in [5, 5.41) is 0. The number of fused-ring (bicyclic) bond motifs is 1. The van der Waals surface area contributed by atoms with Crippen molar-refractivity contribution in [2.45, 2.75) is 32.7 Å². The van der Waals surface area contributed by atoms with Crippen LogP contribution in [-0.2, 0) is 17.8 Å². The van der Waals surface area contributed by atoms with Gasteiger partial charge < -0.3 is 9.47 Å². The third kappa shape index (κ3) is 2.91. The van der Waals surface area contributed by atoms with Crippen LogP contribution >= 0.6 is 11.6 Å². The minimum Gasteiger partial charge on any atom is -0.341 e. The molecule has 112 valence electrons. The molecule has 3 rings (SSSR count). The number of rotatable bonds is 4. The monoisotopic (exact) mass is 305 g/mol. The van der Waals surface area contributed by atoms with Gasteiger partial charge in [-0.3, -0.25) is 4.79 Å². The fraction of sp³-hybridized carbons (Fsp3) is 0.500. The lowest BCUT2D eigenvalue weighted by Crippen LogP contribution is -2.31. The number of aryl methyl sites for hydroxylation is 2. The number of imidazole rings is 1. The molecule has 5 heteroatoms. The van der Waals surface area contributed by atoms with Gasteiger partial charge in [0, 0.05) is 25.4 Å². The first-order valence-electron chi connectivity index (χ1n) is 7.48. The highest BCUT2D eigenvalue weighted by molar-refractivity contribution is 6.17. The molecule has 1 aromatic heterocycles. The summed E-state index contributed by atoms with van der Waals surface area (Å²) < 4.78 is 2.03. The molecule has 0 atom stereocenters. The first-order valence-corrected chi connectivity index (χ1v) is 8.02. The summed E-state index contributed by atoms with van der Waals surface area (Å²) in [6.45, 7) is 4.19. The molecule has 0 unspecified atom stereocenters. The number of hydrogen-bond donors (Lipinski definition) is 0. The van der Waals surface area contributed by atoms with Crippen molar-refractivity contribution in [2.24, 2.45) is 0 Å². The summed E-state index contributed by atoms with van der Waals surface area (Å²) in [7, 11) is 0. The van der Waals surface area contributed by atoms with Gasteiger partial charge in [-0.2, -0.15) is 0 Å². The van der Waals surface area contributed by atoms with Crippen molar-refractivity contribution in [1.82, 2.24) is 14.5 Å². The van der Waals surface area contributed by atoms with Crippen molar-refractivity contribution >= 4 is 28.5 Å². The standard InChI is InChI=1S/C16H20ClN3O/c1-12-4-5-13-14(10-12)20(15(18-13)6-7-17)11-16(21)19-8-2-3-9-19/h4-5,10H,2-3,6-9,11H2,1H3. The predicted molar refractivity (Wildman–Crippen MR) is 84.7 cm³/mol. The van der Waals surface area contributed by atoms with E-state index in [-0.39, 0.29) is 5.91 Å². The maximum absolute atomic E-state index is 12.4. The van der Waals surface area contributed by atoms with E-state index in [0.717, 1.165) is 42.8 Å². The van der Waals surface area contributed by atoms with Crippen molar-refractivity contribution in [3.63, 3.8) is 0 Å². The number of carbonyl (C=O) groups is 1. The number of nitrogens with zero attached hydrogens (tertiary/aromatic N) is 3. The normalized spacial score (nSPS) is 15.0. The molecule has 4 nitrogen and oxygen atoms in total. The number of likely N-dealkylation sites (tertiary alicyclic amines) is 1. The van der Waals surface area contributed by atoms with Crippen LogP contribution in [0.3, 0.4) is 0 Å². The molecule has 1 aromatic carbocycles. The SMILES string of the molecule is Cc1ccc2nc(CCCl)n(CC(=O)N3CCCC3)c2c1. The van der Waals surface area contributed by atoms with Gasteiger partial charge in [-0.05, 0) is 37.5 Å². The van der Waals surface area contributed by atoms with Crippen LogP contribution in [0.25, 0.3) is 11.0 Å². The lowest BCUT2D eigenvalue weighted by Gasteiger charge is -2.17. The highest BCUT2D eigenvalue weighted by Crippen LogP contribution is 2.19. The molecule has 0 aliphatic carbocycles. The van der Waals surface area contributed by atoms with Gasteiger partial charge in [0.05, 0.1) is 11.0 Å². The zero-order valence-electron chi connectivity index (χ0n) is 12.3. The van der Waals surface area contributed by atoms with Gasteiger partial charge in [-0.1, -0.05) is 6.07 Å². The molecule has 2 aromatic rings. The van der Waals surface area contributed by atoms with Crippen LogP contribution in [0.2, 0.25) is 0 Å². The third-order valence-electron chi connectivity index (χ3n) is 4.05. The number of aromatic nitrogens is 2. The van der Waals surface area contributed by atoms with Gasteiger partial charge >= 0.3 is 0 Å². The lowest BCUT2D eigenvalue weighted by atomic mass is 10.2. The van der Waals surface area contributed by atoms with Crippen LogP contribution in [0.1, 0.15) is 24.2 Å². The van der Waals surface area contributed by atoms with Gasteiger partial charge in [0.1, 0.15) is 12.4 Å². The van der Waals surface area contributed by atoms with Crippen molar-refractivity contribution in [2.75, 3.05) is 19.0 Å². The Balaban J connectivity index is 1.95. The quantitative estimate of drug-likeness (QED) is 0.815. The van der Waals surface area contributed by atoms with Crippen LogP contribution in [-0.4, -0.2) is 39.3 Å². The number of carbonyl (C=O) groups excluding carboxylic acids is 1. The summed E-state index contributed by atoms with van der Waals surface area (Å²) in [4.78, 5) is 19.0. The first kappa shape index (κ1) is 14.4. The van der Waals surface area contributed by atoms with Crippen LogP contribution in [0.4, 0.5) is 0 Å². The highest BCUT2D eigenvalue weighted by Gasteiger charge is 2.20. The van der Waals surface area contributed by atoms with Crippen molar-refractivity contribution in [3.8, 4) is 0 Å². The van der Waals surface area contributed by atoms with Crippen molar-refractivity contribution in [3.05, 3.63) is 29.6 Å². The van der Waals surface area contributed by atoms with E-state index in [1.807, 2.05) is 21.6 Å². The van der Waals surface area contributed by atoms with Gasteiger partial charge in [0.15, 0.2) is 0 Å². The van der Waals surface area contributed by atoms with Crippen LogP contribution in [0.5, 0.6) is 0 Å². The number of halogens is 1. The molecule has 2 heterocycles. The van der Waals surface area contributed by atoms with Gasteiger partial charge in [0.25, 0.3) is 0 Å². The Labute approximate surface area is 129 Å². The Hall–Kier alpha value is -1.55. The van der Waals surface area contributed by atoms with E-state index in [1.54, 1.807) is 0 Å². The fourth-order valence-electron chi connectivity index (χ4n) is 2.94. The Morgan fingerprint density at radius 3 is 2.81 bits per heavy atom. The minimum absolute atomic E-state index is 0.184. The second kappa shape index (κ2) is 6.06. The average molecular weight is 306 g/mol. The minimum atomic E-state index is 0.184. The molecule has 0 bridgehead atoms. The van der Waals surface area contributed by atoms with Crippen LogP contribution in [0, 0.1) is 6.92 Å². The Morgan fingerprint density at radius 1 is 1.33 bits per heavy atom. The molecule has 1 aliphatic rings. The molecule has 1 fully saturated rings.